The molecule has 1 aliphatic heterocycles. The fraction of sp³-hybridized carbons (Fsp3) is 0.231. The van der Waals surface area contributed by atoms with Gasteiger partial charge in [0.2, 0.25) is 0 Å². The summed E-state index contributed by atoms with van der Waals surface area (Å²) in [4.78, 5) is 14.4. The Hall–Kier alpha value is -3.80. The maximum absolute atomic E-state index is 12.0. The molecule has 0 unspecified atom stereocenters. The number of nitrogens with zero attached hydrogens (tertiary/aromatic N) is 2. The average molecular weight is 430 g/mol. The van der Waals surface area contributed by atoms with Gasteiger partial charge in [0.05, 0.1) is 13.3 Å². The zero-order chi connectivity index (χ0) is 22.2. The number of para-hydroxylation sites is 2. The Kier molecular flexibility index (Phi) is 7.02. The molecule has 4 rings (SSSR count). The highest BCUT2D eigenvalue weighted by molar-refractivity contribution is 5.83. The molecule has 32 heavy (non-hydrogen) atoms. The predicted molar refractivity (Wildman–Crippen MR) is 126 cm³/mol. The predicted octanol–water partition coefficient (Wildman–Crippen LogP) is 4.18. The molecule has 0 aromatic heterocycles. The molecule has 3 aromatic rings. The summed E-state index contributed by atoms with van der Waals surface area (Å²) in [6.07, 6.45) is 3.88. The van der Waals surface area contributed by atoms with Crippen LogP contribution in [-0.4, -0.2) is 32.4 Å². The zero-order valence-electron chi connectivity index (χ0n) is 18.2. The first-order valence-corrected chi connectivity index (χ1v) is 10.7. The van der Waals surface area contributed by atoms with E-state index in [4.69, 9.17) is 9.47 Å². The first kappa shape index (κ1) is 21.4. The first-order valence-electron chi connectivity index (χ1n) is 10.7. The molecule has 1 aliphatic rings. The fourth-order valence-corrected chi connectivity index (χ4v) is 3.86. The molecule has 0 spiro atoms. The molecule has 0 saturated heterocycles. The Morgan fingerprint density at radius 2 is 1.91 bits per heavy atom. The minimum absolute atomic E-state index is 0.0937. The van der Waals surface area contributed by atoms with Crippen molar-refractivity contribution in [3.63, 3.8) is 0 Å². The Morgan fingerprint density at radius 1 is 1.09 bits per heavy atom. The zero-order valence-corrected chi connectivity index (χ0v) is 18.2. The second kappa shape index (κ2) is 10.5. The largest absolute Gasteiger partial charge is 0.496 e. The monoisotopic (exact) mass is 429 g/mol. The van der Waals surface area contributed by atoms with Crippen molar-refractivity contribution in [3.8, 4) is 11.5 Å². The number of amides is 1. The average Bonchev–Trinajstić information content (AvgIpc) is 2.84. The number of carbonyl (C=O) groups is 1. The Morgan fingerprint density at radius 3 is 2.75 bits per heavy atom. The molecule has 1 N–H and O–H groups in total. The van der Waals surface area contributed by atoms with Crippen LogP contribution in [0.25, 0.3) is 0 Å². The molecule has 1 heterocycles. The standard InChI is InChI=1S/C26H27N3O3/c1-31-25-14-13-20(17-27-28-26(30)19-32-23-10-3-2-4-11-23)16-22(25)18-29-15-7-9-21-8-5-6-12-24(21)29/h2-6,8,10-14,16-17H,7,9,15,18-19H2,1H3,(H,28,30)/b27-17-. The Balaban J connectivity index is 1.39. The van der Waals surface area contributed by atoms with Crippen LogP contribution in [0.15, 0.2) is 77.9 Å². The lowest BCUT2D eigenvalue weighted by molar-refractivity contribution is -0.123. The van der Waals surface area contributed by atoms with E-state index in [0.29, 0.717) is 5.75 Å². The molecule has 6 heteroatoms. The van der Waals surface area contributed by atoms with Crippen molar-refractivity contribution in [2.75, 3.05) is 25.2 Å². The van der Waals surface area contributed by atoms with E-state index in [1.165, 1.54) is 11.3 Å². The van der Waals surface area contributed by atoms with Gasteiger partial charge in [-0.1, -0.05) is 36.4 Å². The van der Waals surface area contributed by atoms with Gasteiger partial charge in [0.25, 0.3) is 5.91 Å². The number of benzene rings is 3. The van der Waals surface area contributed by atoms with Crippen molar-refractivity contribution in [2.24, 2.45) is 5.10 Å². The summed E-state index contributed by atoms with van der Waals surface area (Å²) in [6, 6.07) is 23.7. The molecule has 3 aromatic carbocycles. The fourth-order valence-electron chi connectivity index (χ4n) is 3.86. The summed E-state index contributed by atoms with van der Waals surface area (Å²) in [5, 5.41) is 4.07. The lowest BCUT2D eigenvalue weighted by atomic mass is 10.0. The normalized spacial score (nSPS) is 13.0. The van der Waals surface area contributed by atoms with Crippen LogP contribution in [0.1, 0.15) is 23.1 Å². The maximum Gasteiger partial charge on any atom is 0.277 e. The molecule has 0 saturated carbocycles. The van der Waals surface area contributed by atoms with Gasteiger partial charge in [0, 0.05) is 24.3 Å². The van der Waals surface area contributed by atoms with E-state index in [-0.39, 0.29) is 12.5 Å². The van der Waals surface area contributed by atoms with Gasteiger partial charge in [-0.15, -0.1) is 0 Å². The smallest absolute Gasteiger partial charge is 0.277 e. The van der Waals surface area contributed by atoms with Crippen molar-refractivity contribution in [1.29, 1.82) is 0 Å². The summed E-state index contributed by atoms with van der Waals surface area (Å²) in [7, 11) is 1.68. The summed E-state index contributed by atoms with van der Waals surface area (Å²) in [5.41, 5.74) is 7.14. The van der Waals surface area contributed by atoms with Crippen LogP contribution in [0.2, 0.25) is 0 Å². The van der Waals surface area contributed by atoms with Crippen LogP contribution in [0, 0.1) is 0 Å². The molecule has 0 fully saturated rings. The van der Waals surface area contributed by atoms with Crippen LogP contribution < -0.4 is 19.8 Å². The lowest BCUT2D eigenvalue weighted by Crippen LogP contribution is -2.29. The van der Waals surface area contributed by atoms with Crippen LogP contribution >= 0.6 is 0 Å². The first-order chi connectivity index (χ1) is 15.7. The molecular formula is C26H27N3O3. The van der Waals surface area contributed by atoms with Crippen molar-refractivity contribution in [3.05, 3.63) is 89.5 Å². The number of ether oxygens (including phenoxy) is 2. The van der Waals surface area contributed by atoms with Gasteiger partial charge in [-0.2, -0.15) is 5.10 Å². The summed E-state index contributed by atoms with van der Waals surface area (Å²) < 4.78 is 11.0. The maximum atomic E-state index is 12.0. The molecule has 164 valence electrons. The molecule has 0 atom stereocenters. The summed E-state index contributed by atoms with van der Waals surface area (Å²) in [5.74, 6) is 1.17. The van der Waals surface area contributed by atoms with E-state index in [1.54, 1.807) is 25.5 Å². The highest BCUT2D eigenvalue weighted by atomic mass is 16.5. The Labute approximate surface area is 188 Å². The molecule has 6 nitrogen and oxygen atoms in total. The molecule has 1 amide bonds. The number of aryl methyl sites for hydroxylation is 1. The molecular weight excluding hydrogens is 402 g/mol. The van der Waals surface area contributed by atoms with Gasteiger partial charge >= 0.3 is 0 Å². The van der Waals surface area contributed by atoms with E-state index >= 15 is 0 Å². The van der Waals surface area contributed by atoms with Crippen LogP contribution in [0.3, 0.4) is 0 Å². The number of methoxy groups -OCH3 is 1. The van der Waals surface area contributed by atoms with Gasteiger partial charge in [-0.05, 0) is 60.4 Å². The number of fused-ring (bicyclic) bond motifs is 1. The molecule has 0 aliphatic carbocycles. The van der Waals surface area contributed by atoms with Gasteiger partial charge in [-0.3, -0.25) is 4.79 Å². The second-order valence-electron chi connectivity index (χ2n) is 7.62. The van der Waals surface area contributed by atoms with Crippen molar-refractivity contribution < 1.29 is 14.3 Å². The number of hydrogen-bond donors (Lipinski definition) is 1. The highest BCUT2D eigenvalue weighted by Crippen LogP contribution is 2.30. The lowest BCUT2D eigenvalue weighted by Gasteiger charge is -2.31. The van der Waals surface area contributed by atoms with Crippen LogP contribution in [0.4, 0.5) is 5.69 Å². The van der Waals surface area contributed by atoms with Crippen molar-refractivity contribution >= 4 is 17.8 Å². The van der Waals surface area contributed by atoms with Crippen molar-refractivity contribution in [2.45, 2.75) is 19.4 Å². The number of anilines is 1. The third-order valence-corrected chi connectivity index (χ3v) is 5.39. The third kappa shape index (κ3) is 5.46. The second-order valence-corrected chi connectivity index (χ2v) is 7.62. The van der Waals surface area contributed by atoms with Crippen LogP contribution in [0.5, 0.6) is 11.5 Å². The molecule has 0 radical (unpaired) electrons. The van der Waals surface area contributed by atoms with Crippen molar-refractivity contribution in [1.82, 2.24) is 5.43 Å². The van der Waals surface area contributed by atoms with Gasteiger partial charge < -0.3 is 14.4 Å². The van der Waals surface area contributed by atoms with Gasteiger partial charge in [-0.25, -0.2) is 5.43 Å². The van der Waals surface area contributed by atoms with E-state index in [2.05, 4.69) is 39.7 Å². The third-order valence-electron chi connectivity index (χ3n) is 5.39. The number of carbonyl (C=O) groups excluding carboxylic acids is 1. The SMILES string of the molecule is COc1ccc(/C=N\NC(=O)COc2ccccc2)cc1CN1CCCc2ccccc21. The quantitative estimate of drug-likeness (QED) is 0.431. The number of nitrogens with one attached hydrogen (secondary N) is 1. The summed E-state index contributed by atoms with van der Waals surface area (Å²) in [6.45, 7) is 1.67. The topological polar surface area (TPSA) is 63.2 Å². The van der Waals surface area contributed by atoms with Crippen LogP contribution in [-0.2, 0) is 17.8 Å². The van der Waals surface area contributed by atoms with E-state index in [9.17, 15) is 4.79 Å². The Bertz CT molecular complexity index is 1080. The molecule has 0 bridgehead atoms. The highest BCUT2D eigenvalue weighted by Gasteiger charge is 2.18. The van der Waals surface area contributed by atoms with E-state index in [1.807, 2.05) is 36.4 Å². The number of rotatable bonds is 8. The number of hydrogen-bond acceptors (Lipinski definition) is 5. The van der Waals surface area contributed by atoms with Gasteiger partial charge in [0.1, 0.15) is 11.5 Å². The minimum Gasteiger partial charge on any atom is -0.496 e. The summed E-state index contributed by atoms with van der Waals surface area (Å²) >= 11 is 0. The van der Waals surface area contributed by atoms with E-state index < -0.39 is 0 Å². The minimum atomic E-state index is -0.316. The van der Waals surface area contributed by atoms with Gasteiger partial charge in [0.15, 0.2) is 6.61 Å². The van der Waals surface area contributed by atoms with E-state index in [0.717, 1.165) is 42.8 Å². The number of hydrazone groups is 1.